The van der Waals surface area contributed by atoms with E-state index in [2.05, 4.69) is 4.98 Å². The van der Waals surface area contributed by atoms with Crippen molar-refractivity contribution in [1.29, 1.82) is 0 Å². The molecule has 1 heterocycles. The Kier molecular flexibility index (Phi) is 6.10. The Morgan fingerprint density at radius 3 is 1.75 bits per heavy atom. The van der Waals surface area contributed by atoms with E-state index >= 15 is 0 Å². The number of carbonyl (C=O) groups excluding carboxylic acids is 2. The number of pyridine rings is 1. The quantitative estimate of drug-likeness (QED) is 0.337. The third-order valence-corrected chi connectivity index (χ3v) is 5.35. The number of nitrogens with zero attached hydrogens (tertiary/aromatic N) is 2. The van der Waals surface area contributed by atoms with Gasteiger partial charge in [0.25, 0.3) is 0 Å². The molecule has 0 amide bonds. The highest BCUT2D eigenvalue weighted by atomic mass is 35.5. The second kappa shape index (κ2) is 9.12. The van der Waals surface area contributed by atoms with Crippen LogP contribution >= 0.6 is 11.6 Å². The highest BCUT2D eigenvalue weighted by molar-refractivity contribution is 6.30. The van der Waals surface area contributed by atoms with Crippen molar-refractivity contribution < 1.29 is 14.0 Å². The molecule has 0 radical (unpaired) electrons. The molecule has 0 spiro atoms. The number of anilines is 2. The number of carbonyl (C=O) groups is 2. The average Bonchev–Trinajstić information content (AvgIpc) is 2.84. The van der Waals surface area contributed by atoms with Gasteiger partial charge in [0.15, 0.2) is 5.78 Å². The third-order valence-electron chi connectivity index (χ3n) is 5.10. The van der Waals surface area contributed by atoms with Crippen LogP contribution in [-0.4, -0.2) is 23.6 Å². The number of rotatable bonds is 6. The summed E-state index contributed by atoms with van der Waals surface area (Å²) in [5.41, 5.74) is 3.29. The topological polar surface area (TPSA) is 50.3 Å². The number of halogens is 2. The molecule has 0 aliphatic carbocycles. The molecule has 1 aromatic heterocycles. The number of ketones is 2. The molecular weight excluding hydrogens is 427 g/mol. The highest BCUT2D eigenvalue weighted by Crippen LogP contribution is 2.25. The fourth-order valence-corrected chi connectivity index (χ4v) is 3.35. The zero-order valence-electron chi connectivity index (χ0n) is 17.1. The lowest BCUT2D eigenvalue weighted by Crippen LogP contribution is -2.11. The van der Waals surface area contributed by atoms with Crippen LogP contribution in [0.5, 0.6) is 0 Å². The maximum atomic E-state index is 13.1. The lowest BCUT2D eigenvalue weighted by molar-refractivity contribution is 0.102. The second-order valence-corrected chi connectivity index (χ2v) is 7.62. The highest BCUT2D eigenvalue weighted by Gasteiger charge is 2.14. The first-order valence-corrected chi connectivity index (χ1v) is 10.2. The van der Waals surface area contributed by atoms with Crippen LogP contribution in [0.15, 0.2) is 91.1 Å². The molecule has 4 aromatic rings. The SMILES string of the molecule is CN(c1ccc(Cl)cc1)c1ccc(C(=O)c2ccc(C(=O)c3ccc(F)cc3)cc2)nc1. The van der Waals surface area contributed by atoms with Gasteiger partial charge in [0.2, 0.25) is 5.78 Å². The van der Waals surface area contributed by atoms with E-state index in [0.29, 0.717) is 27.4 Å². The summed E-state index contributed by atoms with van der Waals surface area (Å²) >= 11 is 5.94. The molecule has 0 bridgehead atoms. The van der Waals surface area contributed by atoms with Crippen molar-refractivity contribution >= 4 is 34.5 Å². The van der Waals surface area contributed by atoms with E-state index in [0.717, 1.165) is 11.4 Å². The smallest absolute Gasteiger partial charge is 0.211 e. The first-order chi connectivity index (χ1) is 15.4. The van der Waals surface area contributed by atoms with Crippen molar-refractivity contribution in [2.24, 2.45) is 0 Å². The Hall–Kier alpha value is -3.83. The number of hydrogen-bond donors (Lipinski definition) is 0. The molecule has 0 saturated carbocycles. The standard InChI is InChI=1S/C26H18ClFN2O2/c1-30(22-12-8-20(27)9-13-22)23-14-15-24(29-16-23)26(32)19-4-2-17(3-5-19)25(31)18-6-10-21(28)11-7-18/h2-16H,1H3. The zero-order valence-corrected chi connectivity index (χ0v) is 17.9. The van der Waals surface area contributed by atoms with Gasteiger partial charge in [0.05, 0.1) is 11.9 Å². The summed E-state index contributed by atoms with van der Waals surface area (Å²) in [6, 6.07) is 22.6. The van der Waals surface area contributed by atoms with Gasteiger partial charge in [-0.05, 0) is 60.7 Å². The first kappa shape index (κ1) is 21.4. The molecule has 0 unspecified atom stereocenters. The number of benzene rings is 3. The summed E-state index contributed by atoms with van der Waals surface area (Å²) in [7, 11) is 1.90. The summed E-state index contributed by atoms with van der Waals surface area (Å²) in [6.45, 7) is 0. The maximum Gasteiger partial charge on any atom is 0.211 e. The van der Waals surface area contributed by atoms with Gasteiger partial charge in [-0.15, -0.1) is 0 Å². The van der Waals surface area contributed by atoms with Crippen LogP contribution in [0.25, 0.3) is 0 Å². The van der Waals surface area contributed by atoms with Gasteiger partial charge in [0.1, 0.15) is 11.5 Å². The van der Waals surface area contributed by atoms with E-state index in [-0.39, 0.29) is 11.6 Å². The predicted octanol–water partition coefficient (Wildman–Crippen LogP) is 6.10. The molecule has 0 fully saturated rings. The predicted molar refractivity (Wildman–Crippen MR) is 123 cm³/mol. The minimum atomic E-state index is -0.402. The maximum absolute atomic E-state index is 13.1. The van der Waals surface area contributed by atoms with Crippen molar-refractivity contribution in [2.45, 2.75) is 0 Å². The second-order valence-electron chi connectivity index (χ2n) is 7.18. The summed E-state index contributed by atoms with van der Waals surface area (Å²) in [6.07, 6.45) is 1.63. The molecule has 0 aliphatic rings. The molecular formula is C26H18ClFN2O2. The largest absolute Gasteiger partial charge is 0.343 e. The van der Waals surface area contributed by atoms with Crippen LogP contribution in [0.2, 0.25) is 5.02 Å². The minimum absolute atomic E-state index is 0.239. The van der Waals surface area contributed by atoms with Crippen LogP contribution < -0.4 is 4.90 Å². The van der Waals surface area contributed by atoms with Gasteiger partial charge in [-0.25, -0.2) is 4.39 Å². The molecule has 0 aliphatic heterocycles. The Morgan fingerprint density at radius 1 is 0.719 bits per heavy atom. The van der Waals surface area contributed by atoms with Crippen LogP contribution in [0, 0.1) is 5.82 Å². The number of aromatic nitrogens is 1. The molecule has 0 saturated heterocycles. The van der Waals surface area contributed by atoms with Gasteiger partial charge in [-0.2, -0.15) is 0 Å². The zero-order chi connectivity index (χ0) is 22.7. The Labute approximate surface area is 189 Å². The van der Waals surface area contributed by atoms with E-state index in [1.165, 1.54) is 24.3 Å². The molecule has 4 rings (SSSR count). The van der Waals surface area contributed by atoms with Crippen LogP contribution in [0.4, 0.5) is 15.8 Å². The minimum Gasteiger partial charge on any atom is -0.343 e. The molecule has 0 N–H and O–H groups in total. The number of hydrogen-bond acceptors (Lipinski definition) is 4. The summed E-state index contributed by atoms with van der Waals surface area (Å²) < 4.78 is 13.1. The molecule has 6 heteroatoms. The Morgan fingerprint density at radius 2 is 1.22 bits per heavy atom. The lowest BCUT2D eigenvalue weighted by Gasteiger charge is -2.19. The lowest BCUT2D eigenvalue weighted by atomic mass is 10.00. The average molecular weight is 445 g/mol. The van der Waals surface area contributed by atoms with Crippen molar-refractivity contribution in [3.63, 3.8) is 0 Å². The summed E-state index contributed by atoms with van der Waals surface area (Å²) in [5, 5.41) is 0.659. The fourth-order valence-electron chi connectivity index (χ4n) is 3.22. The summed E-state index contributed by atoms with van der Waals surface area (Å²) in [5.74, 6) is -0.886. The molecule has 32 heavy (non-hydrogen) atoms. The monoisotopic (exact) mass is 444 g/mol. The van der Waals surface area contributed by atoms with Crippen molar-refractivity contribution in [2.75, 3.05) is 11.9 Å². The van der Waals surface area contributed by atoms with E-state index < -0.39 is 5.82 Å². The van der Waals surface area contributed by atoms with Gasteiger partial charge >= 0.3 is 0 Å². The van der Waals surface area contributed by atoms with E-state index in [1.807, 2.05) is 42.3 Å². The first-order valence-electron chi connectivity index (χ1n) is 9.83. The Bertz CT molecular complexity index is 1250. The van der Waals surface area contributed by atoms with Gasteiger partial charge in [-0.1, -0.05) is 35.9 Å². The van der Waals surface area contributed by atoms with Crippen LogP contribution in [0.1, 0.15) is 32.0 Å². The van der Waals surface area contributed by atoms with Crippen LogP contribution in [0.3, 0.4) is 0 Å². The van der Waals surface area contributed by atoms with Gasteiger partial charge in [0, 0.05) is 34.4 Å². The molecule has 3 aromatic carbocycles. The van der Waals surface area contributed by atoms with Crippen molar-refractivity contribution in [1.82, 2.24) is 4.98 Å². The fraction of sp³-hybridized carbons (Fsp3) is 0.0385. The summed E-state index contributed by atoms with van der Waals surface area (Å²) in [4.78, 5) is 31.6. The van der Waals surface area contributed by atoms with Crippen molar-refractivity contribution in [3.8, 4) is 0 Å². The van der Waals surface area contributed by atoms with E-state index in [1.54, 1.807) is 36.5 Å². The van der Waals surface area contributed by atoms with E-state index in [9.17, 15) is 14.0 Å². The molecule has 158 valence electrons. The third kappa shape index (κ3) is 4.58. The van der Waals surface area contributed by atoms with Gasteiger partial charge in [-0.3, -0.25) is 14.6 Å². The van der Waals surface area contributed by atoms with Gasteiger partial charge < -0.3 is 4.90 Å². The molecule has 4 nitrogen and oxygen atoms in total. The van der Waals surface area contributed by atoms with E-state index in [4.69, 9.17) is 11.6 Å². The molecule has 0 atom stereocenters. The normalized spacial score (nSPS) is 10.6. The van der Waals surface area contributed by atoms with Crippen LogP contribution in [-0.2, 0) is 0 Å². The Balaban J connectivity index is 1.48. The van der Waals surface area contributed by atoms with Crippen molar-refractivity contribution in [3.05, 3.63) is 124 Å².